The normalized spacial score (nSPS) is 13.9. The molecule has 1 aromatic carbocycles. The second-order valence-electron chi connectivity index (χ2n) is 5.05. The zero-order chi connectivity index (χ0) is 14.1. The molecule has 2 aromatic rings. The Bertz CT molecular complexity index is 667. The highest BCUT2D eigenvalue weighted by atomic mass is 16.4. The van der Waals surface area contributed by atoms with Crippen molar-refractivity contribution in [1.82, 2.24) is 4.98 Å². The summed E-state index contributed by atoms with van der Waals surface area (Å²) in [6.45, 7) is 3.48. The molecule has 2 heterocycles. The van der Waals surface area contributed by atoms with Crippen molar-refractivity contribution in [2.75, 3.05) is 11.4 Å². The van der Waals surface area contributed by atoms with E-state index in [-0.39, 0.29) is 0 Å². The van der Waals surface area contributed by atoms with Crippen molar-refractivity contribution >= 4 is 11.8 Å². The highest BCUT2D eigenvalue weighted by Crippen LogP contribution is 2.26. The molecule has 0 fully saturated rings. The van der Waals surface area contributed by atoms with Gasteiger partial charge in [-0.2, -0.15) is 0 Å². The minimum atomic E-state index is -0.899. The van der Waals surface area contributed by atoms with E-state index < -0.39 is 5.97 Å². The Morgan fingerprint density at radius 1 is 1.25 bits per heavy atom. The van der Waals surface area contributed by atoms with Gasteiger partial charge in [0.05, 0.1) is 5.56 Å². The Balaban J connectivity index is 1.96. The molecular weight excluding hydrogens is 252 g/mol. The van der Waals surface area contributed by atoms with Crippen LogP contribution in [0.1, 0.15) is 27.0 Å². The lowest BCUT2D eigenvalue weighted by atomic mass is 9.99. The predicted octanol–water partition coefficient (Wildman–Crippen LogP) is 2.65. The van der Waals surface area contributed by atoms with Gasteiger partial charge in [0.25, 0.3) is 0 Å². The third-order valence-corrected chi connectivity index (χ3v) is 3.84. The number of rotatable bonds is 2. The van der Waals surface area contributed by atoms with Gasteiger partial charge < -0.3 is 10.0 Å². The van der Waals surface area contributed by atoms with E-state index >= 15 is 0 Å². The minimum Gasteiger partial charge on any atom is -0.478 e. The van der Waals surface area contributed by atoms with Gasteiger partial charge >= 0.3 is 5.97 Å². The SMILES string of the molecule is Cc1c(C(=O)O)ccnc1N1CCc2ccccc2C1. The molecule has 0 aliphatic carbocycles. The van der Waals surface area contributed by atoms with Crippen molar-refractivity contribution in [2.45, 2.75) is 19.9 Å². The molecule has 0 unspecified atom stereocenters. The molecule has 4 heteroatoms. The van der Waals surface area contributed by atoms with Gasteiger partial charge in [-0.1, -0.05) is 24.3 Å². The van der Waals surface area contributed by atoms with Gasteiger partial charge in [0, 0.05) is 24.8 Å². The summed E-state index contributed by atoms with van der Waals surface area (Å²) in [4.78, 5) is 17.7. The zero-order valence-corrected chi connectivity index (χ0v) is 11.3. The summed E-state index contributed by atoms with van der Waals surface area (Å²) in [5.41, 5.74) is 3.73. The van der Waals surface area contributed by atoms with E-state index in [1.54, 1.807) is 12.3 Å². The van der Waals surface area contributed by atoms with Gasteiger partial charge in [-0.3, -0.25) is 0 Å². The van der Waals surface area contributed by atoms with Gasteiger partial charge in [0.15, 0.2) is 0 Å². The van der Waals surface area contributed by atoms with E-state index in [4.69, 9.17) is 0 Å². The molecule has 0 amide bonds. The van der Waals surface area contributed by atoms with Crippen LogP contribution in [-0.2, 0) is 13.0 Å². The molecule has 1 aliphatic rings. The van der Waals surface area contributed by atoms with Crippen molar-refractivity contribution in [3.05, 3.63) is 58.8 Å². The minimum absolute atomic E-state index is 0.328. The topological polar surface area (TPSA) is 53.4 Å². The molecule has 0 bridgehead atoms. The number of hydrogen-bond acceptors (Lipinski definition) is 3. The highest BCUT2D eigenvalue weighted by molar-refractivity contribution is 5.90. The number of aromatic carboxylic acids is 1. The van der Waals surface area contributed by atoms with E-state index in [1.807, 2.05) is 13.0 Å². The first-order valence-electron chi connectivity index (χ1n) is 6.67. The lowest BCUT2D eigenvalue weighted by Gasteiger charge is -2.31. The first kappa shape index (κ1) is 12.7. The van der Waals surface area contributed by atoms with Crippen LogP contribution in [0.15, 0.2) is 36.5 Å². The van der Waals surface area contributed by atoms with Crippen LogP contribution in [0.3, 0.4) is 0 Å². The molecule has 20 heavy (non-hydrogen) atoms. The summed E-state index contributed by atoms with van der Waals surface area (Å²) in [6.07, 6.45) is 2.54. The van der Waals surface area contributed by atoms with Gasteiger partial charge in [0.2, 0.25) is 0 Å². The largest absolute Gasteiger partial charge is 0.478 e. The maximum absolute atomic E-state index is 11.2. The van der Waals surface area contributed by atoms with Crippen LogP contribution in [0.2, 0.25) is 0 Å². The van der Waals surface area contributed by atoms with Gasteiger partial charge in [0.1, 0.15) is 5.82 Å². The van der Waals surface area contributed by atoms with E-state index in [0.29, 0.717) is 5.56 Å². The summed E-state index contributed by atoms with van der Waals surface area (Å²) in [7, 11) is 0. The lowest BCUT2D eigenvalue weighted by Crippen LogP contribution is -2.31. The fourth-order valence-corrected chi connectivity index (χ4v) is 2.75. The molecular formula is C16H16N2O2. The first-order chi connectivity index (χ1) is 9.66. The second kappa shape index (κ2) is 4.96. The molecule has 0 radical (unpaired) electrons. The molecule has 1 aromatic heterocycles. The van der Waals surface area contributed by atoms with Gasteiger partial charge in [-0.05, 0) is 30.5 Å². The predicted molar refractivity (Wildman–Crippen MR) is 77.1 cm³/mol. The van der Waals surface area contributed by atoms with Crippen LogP contribution < -0.4 is 4.90 Å². The Kier molecular flexibility index (Phi) is 3.14. The van der Waals surface area contributed by atoms with Crippen molar-refractivity contribution in [1.29, 1.82) is 0 Å². The number of benzene rings is 1. The molecule has 0 atom stereocenters. The Hall–Kier alpha value is -2.36. The van der Waals surface area contributed by atoms with Crippen LogP contribution in [-0.4, -0.2) is 22.6 Å². The zero-order valence-electron chi connectivity index (χ0n) is 11.3. The number of aromatic nitrogens is 1. The number of hydrogen-bond donors (Lipinski definition) is 1. The second-order valence-corrected chi connectivity index (χ2v) is 5.05. The number of fused-ring (bicyclic) bond motifs is 1. The molecule has 3 rings (SSSR count). The molecule has 102 valence electrons. The third-order valence-electron chi connectivity index (χ3n) is 3.84. The number of carboxylic acids is 1. The fraction of sp³-hybridized carbons (Fsp3) is 0.250. The fourth-order valence-electron chi connectivity index (χ4n) is 2.75. The van der Waals surface area contributed by atoms with Crippen LogP contribution >= 0.6 is 0 Å². The molecule has 0 saturated heterocycles. The van der Waals surface area contributed by atoms with E-state index in [1.165, 1.54) is 11.1 Å². The smallest absolute Gasteiger partial charge is 0.336 e. The number of anilines is 1. The Morgan fingerprint density at radius 3 is 2.75 bits per heavy atom. The van der Waals surface area contributed by atoms with Crippen molar-refractivity contribution in [3.63, 3.8) is 0 Å². The van der Waals surface area contributed by atoms with E-state index in [9.17, 15) is 9.90 Å². The molecule has 1 N–H and O–H groups in total. The summed E-state index contributed by atoms with van der Waals surface area (Å²) in [6, 6.07) is 9.93. The van der Waals surface area contributed by atoms with Gasteiger partial charge in [-0.25, -0.2) is 9.78 Å². The van der Waals surface area contributed by atoms with Crippen molar-refractivity contribution < 1.29 is 9.90 Å². The Labute approximate surface area is 117 Å². The van der Waals surface area contributed by atoms with E-state index in [2.05, 4.69) is 28.1 Å². The lowest BCUT2D eigenvalue weighted by molar-refractivity contribution is 0.0696. The average Bonchev–Trinajstić information content (AvgIpc) is 2.46. The quantitative estimate of drug-likeness (QED) is 0.909. The summed E-state index contributed by atoms with van der Waals surface area (Å²) in [5.74, 6) is -0.122. The molecule has 0 spiro atoms. The average molecular weight is 268 g/mol. The number of carbonyl (C=O) groups is 1. The number of pyridine rings is 1. The summed E-state index contributed by atoms with van der Waals surface area (Å²) >= 11 is 0. The van der Waals surface area contributed by atoms with Crippen LogP contribution in [0.4, 0.5) is 5.82 Å². The maximum Gasteiger partial charge on any atom is 0.336 e. The summed E-state index contributed by atoms with van der Waals surface area (Å²) in [5, 5.41) is 9.20. The first-order valence-corrected chi connectivity index (χ1v) is 6.67. The van der Waals surface area contributed by atoms with Crippen LogP contribution in [0.5, 0.6) is 0 Å². The van der Waals surface area contributed by atoms with Crippen LogP contribution in [0, 0.1) is 6.92 Å². The number of nitrogens with zero attached hydrogens (tertiary/aromatic N) is 2. The molecule has 4 nitrogen and oxygen atoms in total. The monoisotopic (exact) mass is 268 g/mol. The maximum atomic E-state index is 11.2. The third kappa shape index (κ3) is 2.13. The molecule has 0 saturated carbocycles. The van der Waals surface area contributed by atoms with E-state index in [0.717, 1.165) is 30.9 Å². The molecule has 1 aliphatic heterocycles. The van der Waals surface area contributed by atoms with Gasteiger partial charge in [-0.15, -0.1) is 0 Å². The standard InChI is InChI=1S/C16H16N2O2/c1-11-14(16(19)20)6-8-17-15(11)18-9-7-12-4-2-3-5-13(12)10-18/h2-6,8H,7,9-10H2,1H3,(H,19,20). The van der Waals surface area contributed by atoms with Crippen molar-refractivity contribution in [2.24, 2.45) is 0 Å². The highest BCUT2D eigenvalue weighted by Gasteiger charge is 2.20. The van der Waals surface area contributed by atoms with Crippen LogP contribution in [0.25, 0.3) is 0 Å². The Morgan fingerprint density at radius 2 is 2.00 bits per heavy atom. The van der Waals surface area contributed by atoms with Crippen molar-refractivity contribution in [3.8, 4) is 0 Å². The number of carboxylic acid groups (broad SMARTS) is 1. The summed E-state index contributed by atoms with van der Waals surface area (Å²) < 4.78 is 0.